The van der Waals surface area contributed by atoms with Crippen LogP contribution in [0.1, 0.15) is 52.9 Å². The molecule has 2 aliphatic rings. The molecule has 5 atom stereocenters. The molecular formula is C16H30N2O2. The van der Waals surface area contributed by atoms with Crippen LogP contribution in [0, 0.1) is 17.8 Å². The van der Waals surface area contributed by atoms with Crippen LogP contribution in [0.5, 0.6) is 0 Å². The molecule has 2 fully saturated rings. The molecular weight excluding hydrogens is 252 g/mol. The number of hydrogen-bond acceptors (Lipinski definition) is 2. The zero-order valence-electron chi connectivity index (χ0n) is 13.1. The van der Waals surface area contributed by atoms with Crippen LogP contribution in [-0.2, 0) is 0 Å². The lowest BCUT2D eigenvalue weighted by atomic mass is 9.80. The highest BCUT2D eigenvalue weighted by Gasteiger charge is 2.30. The molecule has 5 unspecified atom stereocenters. The van der Waals surface area contributed by atoms with Gasteiger partial charge < -0.3 is 15.3 Å². The minimum absolute atomic E-state index is 0.0711. The van der Waals surface area contributed by atoms with E-state index in [0.29, 0.717) is 18.5 Å². The van der Waals surface area contributed by atoms with Gasteiger partial charge in [0.25, 0.3) is 0 Å². The molecule has 1 heterocycles. The number of aliphatic hydroxyl groups excluding tert-OH is 1. The van der Waals surface area contributed by atoms with E-state index in [2.05, 4.69) is 19.2 Å². The maximum absolute atomic E-state index is 12.4. The third kappa shape index (κ3) is 3.87. The number of aliphatic hydroxyl groups is 1. The second kappa shape index (κ2) is 6.79. The van der Waals surface area contributed by atoms with Crippen molar-refractivity contribution < 1.29 is 9.90 Å². The first-order chi connectivity index (χ1) is 9.47. The van der Waals surface area contributed by atoms with Gasteiger partial charge in [0.1, 0.15) is 0 Å². The Kier molecular flexibility index (Phi) is 5.30. The number of urea groups is 1. The first-order valence-corrected chi connectivity index (χ1v) is 8.21. The van der Waals surface area contributed by atoms with E-state index >= 15 is 0 Å². The zero-order valence-corrected chi connectivity index (χ0v) is 13.1. The summed E-state index contributed by atoms with van der Waals surface area (Å²) in [6, 6.07) is 0.396. The van der Waals surface area contributed by atoms with Crippen LogP contribution in [-0.4, -0.2) is 41.3 Å². The minimum Gasteiger partial charge on any atom is -0.393 e. The molecule has 116 valence electrons. The Hall–Kier alpha value is -0.770. The number of likely N-dealkylation sites (tertiary alicyclic amines) is 1. The summed E-state index contributed by atoms with van der Waals surface area (Å²) in [7, 11) is 0. The van der Waals surface area contributed by atoms with E-state index in [1.54, 1.807) is 0 Å². The summed E-state index contributed by atoms with van der Waals surface area (Å²) in [4.78, 5) is 14.3. The number of piperidine rings is 1. The van der Waals surface area contributed by atoms with Gasteiger partial charge in [-0.25, -0.2) is 4.79 Å². The Labute approximate surface area is 122 Å². The van der Waals surface area contributed by atoms with Gasteiger partial charge in [0.15, 0.2) is 0 Å². The summed E-state index contributed by atoms with van der Waals surface area (Å²) in [5, 5.41) is 12.9. The van der Waals surface area contributed by atoms with E-state index in [1.165, 1.54) is 12.8 Å². The van der Waals surface area contributed by atoms with Crippen LogP contribution in [0.3, 0.4) is 0 Å². The van der Waals surface area contributed by atoms with Gasteiger partial charge in [-0.2, -0.15) is 0 Å². The summed E-state index contributed by atoms with van der Waals surface area (Å²) < 4.78 is 0. The van der Waals surface area contributed by atoms with E-state index < -0.39 is 0 Å². The van der Waals surface area contributed by atoms with Gasteiger partial charge in [-0.3, -0.25) is 0 Å². The largest absolute Gasteiger partial charge is 0.393 e. The van der Waals surface area contributed by atoms with Gasteiger partial charge in [0, 0.05) is 25.0 Å². The van der Waals surface area contributed by atoms with E-state index in [1.807, 2.05) is 11.8 Å². The lowest BCUT2D eigenvalue weighted by molar-refractivity contribution is 0.0719. The monoisotopic (exact) mass is 282 g/mol. The highest BCUT2D eigenvalue weighted by Crippen LogP contribution is 2.29. The van der Waals surface area contributed by atoms with Crippen molar-refractivity contribution in [3.05, 3.63) is 0 Å². The summed E-state index contributed by atoms with van der Waals surface area (Å²) in [6.07, 6.45) is 5.23. The quantitative estimate of drug-likeness (QED) is 0.818. The average molecular weight is 282 g/mol. The normalized spacial score (nSPS) is 36.5. The highest BCUT2D eigenvalue weighted by molar-refractivity contribution is 5.74. The van der Waals surface area contributed by atoms with Gasteiger partial charge in [-0.1, -0.05) is 13.8 Å². The lowest BCUT2D eigenvalue weighted by Crippen LogP contribution is -2.52. The molecule has 1 aliphatic carbocycles. The maximum atomic E-state index is 12.4. The van der Waals surface area contributed by atoms with E-state index in [9.17, 15) is 9.90 Å². The van der Waals surface area contributed by atoms with Crippen LogP contribution >= 0.6 is 0 Å². The fourth-order valence-corrected chi connectivity index (χ4v) is 3.72. The molecule has 2 N–H and O–H groups in total. The van der Waals surface area contributed by atoms with Crippen LogP contribution in [0.2, 0.25) is 0 Å². The number of carbonyl (C=O) groups is 1. The fourth-order valence-electron chi connectivity index (χ4n) is 3.72. The number of carbonyl (C=O) groups excluding carboxylic acids is 1. The minimum atomic E-state index is -0.319. The third-order valence-corrected chi connectivity index (χ3v) is 5.17. The molecule has 0 aromatic rings. The molecule has 2 rings (SSSR count). The van der Waals surface area contributed by atoms with Gasteiger partial charge in [0.05, 0.1) is 6.10 Å². The van der Waals surface area contributed by atoms with Gasteiger partial charge in [-0.05, 0) is 50.9 Å². The molecule has 0 aromatic heterocycles. The molecule has 0 bridgehead atoms. The van der Waals surface area contributed by atoms with E-state index in [-0.39, 0.29) is 18.1 Å². The van der Waals surface area contributed by atoms with Crippen molar-refractivity contribution in [1.29, 1.82) is 0 Å². The first kappa shape index (κ1) is 15.6. The molecule has 20 heavy (non-hydrogen) atoms. The molecule has 0 spiro atoms. The van der Waals surface area contributed by atoms with Crippen molar-refractivity contribution in [3.63, 3.8) is 0 Å². The molecule has 4 nitrogen and oxygen atoms in total. The Morgan fingerprint density at radius 1 is 1.30 bits per heavy atom. The molecule has 0 aromatic carbocycles. The topological polar surface area (TPSA) is 52.6 Å². The highest BCUT2D eigenvalue weighted by atomic mass is 16.3. The van der Waals surface area contributed by atoms with Crippen LogP contribution < -0.4 is 5.32 Å². The van der Waals surface area contributed by atoms with Crippen LogP contribution in [0.4, 0.5) is 4.79 Å². The molecule has 1 saturated carbocycles. The number of hydrogen-bond donors (Lipinski definition) is 2. The summed E-state index contributed by atoms with van der Waals surface area (Å²) in [6.45, 7) is 7.89. The van der Waals surface area contributed by atoms with E-state index in [4.69, 9.17) is 0 Å². The number of rotatable bonds is 2. The summed E-state index contributed by atoms with van der Waals surface area (Å²) in [5.41, 5.74) is 0. The predicted molar refractivity (Wildman–Crippen MR) is 80.5 cm³/mol. The molecule has 2 amide bonds. The number of nitrogens with zero attached hydrogens (tertiary/aromatic N) is 1. The van der Waals surface area contributed by atoms with E-state index in [0.717, 1.165) is 31.7 Å². The third-order valence-electron chi connectivity index (χ3n) is 5.17. The maximum Gasteiger partial charge on any atom is 0.317 e. The lowest BCUT2D eigenvalue weighted by Gasteiger charge is -2.38. The molecule has 1 saturated heterocycles. The predicted octanol–water partition coefficient (Wildman–Crippen LogP) is 2.61. The Balaban J connectivity index is 1.85. The Morgan fingerprint density at radius 2 is 2.05 bits per heavy atom. The van der Waals surface area contributed by atoms with Crippen molar-refractivity contribution in [3.8, 4) is 0 Å². The second-order valence-electron chi connectivity index (χ2n) is 7.04. The van der Waals surface area contributed by atoms with Crippen molar-refractivity contribution >= 4 is 6.03 Å². The summed E-state index contributed by atoms with van der Waals surface area (Å²) in [5.74, 6) is 1.59. The number of nitrogens with one attached hydrogen (secondary N) is 1. The SMILES string of the molecule is CC1CCC(NC(=O)N2CCCC(C(C)O)C2)C(C)C1. The van der Waals surface area contributed by atoms with Gasteiger partial charge in [-0.15, -0.1) is 0 Å². The molecule has 1 aliphatic heterocycles. The van der Waals surface area contributed by atoms with Crippen molar-refractivity contribution in [2.24, 2.45) is 17.8 Å². The molecule has 4 heteroatoms. The van der Waals surface area contributed by atoms with Gasteiger partial charge >= 0.3 is 6.03 Å². The fraction of sp³-hybridized carbons (Fsp3) is 0.938. The summed E-state index contributed by atoms with van der Waals surface area (Å²) >= 11 is 0. The standard InChI is InChI=1S/C16H30N2O2/c1-11-6-7-15(12(2)9-11)17-16(20)18-8-4-5-14(10-18)13(3)19/h11-15,19H,4-10H2,1-3H3,(H,17,20). The van der Waals surface area contributed by atoms with Crippen LogP contribution in [0.15, 0.2) is 0 Å². The first-order valence-electron chi connectivity index (χ1n) is 8.21. The Bertz CT molecular complexity index is 332. The average Bonchev–Trinajstić information content (AvgIpc) is 2.42. The zero-order chi connectivity index (χ0) is 14.7. The van der Waals surface area contributed by atoms with Crippen molar-refractivity contribution in [2.45, 2.75) is 65.0 Å². The Morgan fingerprint density at radius 3 is 2.70 bits per heavy atom. The smallest absolute Gasteiger partial charge is 0.317 e. The second-order valence-corrected chi connectivity index (χ2v) is 7.04. The molecule has 0 radical (unpaired) electrons. The van der Waals surface area contributed by atoms with Crippen LogP contribution in [0.25, 0.3) is 0 Å². The van der Waals surface area contributed by atoms with Crippen molar-refractivity contribution in [1.82, 2.24) is 10.2 Å². The van der Waals surface area contributed by atoms with Crippen molar-refractivity contribution in [2.75, 3.05) is 13.1 Å². The van der Waals surface area contributed by atoms with Gasteiger partial charge in [0.2, 0.25) is 0 Å². The number of amides is 2.